The summed E-state index contributed by atoms with van der Waals surface area (Å²) in [5, 5.41) is 1.72. The molecule has 0 bridgehead atoms. The summed E-state index contributed by atoms with van der Waals surface area (Å²) in [5.74, 6) is 0.838. The van der Waals surface area contributed by atoms with E-state index in [1.807, 2.05) is 42.6 Å². The second-order valence-corrected chi connectivity index (χ2v) is 7.92. The average Bonchev–Trinajstić information content (AvgIpc) is 3.13. The van der Waals surface area contributed by atoms with Gasteiger partial charge in [0.25, 0.3) is 0 Å². The summed E-state index contributed by atoms with van der Waals surface area (Å²) in [4.78, 5) is 4.16. The second-order valence-electron chi connectivity index (χ2n) is 5.89. The first kappa shape index (κ1) is 18.4. The molecule has 1 aromatic heterocycles. The van der Waals surface area contributed by atoms with Gasteiger partial charge >= 0.3 is 0 Å². The number of imidazole rings is 1. The van der Waals surface area contributed by atoms with E-state index in [0.29, 0.717) is 10.3 Å². The van der Waals surface area contributed by atoms with E-state index < -0.39 is 0 Å². The molecule has 25 heavy (non-hydrogen) atoms. The highest BCUT2D eigenvalue weighted by molar-refractivity contribution is 7.98. The molecule has 3 aromatic rings. The lowest BCUT2D eigenvalue weighted by Crippen LogP contribution is -2.05. The van der Waals surface area contributed by atoms with E-state index in [1.54, 1.807) is 6.07 Å². The van der Waals surface area contributed by atoms with Crippen molar-refractivity contribution in [3.8, 4) is 0 Å². The molecule has 0 aliphatic carbocycles. The number of nitrogens with zero attached hydrogens (tertiary/aromatic N) is 2. The van der Waals surface area contributed by atoms with Crippen molar-refractivity contribution in [1.29, 1.82) is 0 Å². The molecular formula is C20H20Cl2N2S. The third kappa shape index (κ3) is 5.04. The summed E-state index contributed by atoms with van der Waals surface area (Å²) in [6, 6.07) is 14.6. The Kier molecular flexibility index (Phi) is 6.46. The van der Waals surface area contributed by atoms with Crippen LogP contribution in [0.1, 0.15) is 28.9 Å². The van der Waals surface area contributed by atoms with Crippen LogP contribution in [0.2, 0.25) is 10.0 Å². The van der Waals surface area contributed by atoms with Crippen LogP contribution in [0.5, 0.6) is 0 Å². The minimum atomic E-state index is 0.326. The van der Waals surface area contributed by atoms with Crippen LogP contribution in [0.25, 0.3) is 0 Å². The molecule has 130 valence electrons. The van der Waals surface area contributed by atoms with Crippen LogP contribution in [-0.2, 0) is 18.7 Å². The molecule has 0 saturated carbocycles. The van der Waals surface area contributed by atoms with E-state index in [1.165, 1.54) is 11.1 Å². The first-order valence-electron chi connectivity index (χ1n) is 8.26. The Morgan fingerprint density at radius 1 is 1.12 bits per heavy atom. The van der Waals surface area contributed by atoms with Crippen molar-refractivity contribution in [2.24, 2.45) is 0 Å². The number of aryl methyl sites for hydroxylation is 1. The van der Waals surface area contributed by atoms with E-state index in [2.05, 4.69) is 40.7 Å². The summed E-state index contributed by atoms with van der Waals surface area (Å²) >= 11 is 14.2. The molecular weight excluding hydrogens is 371 g/mol. The van der Waals surface area contributed by atoms with Crippen molar-refractivity contribution in [3.63, 3.8) is 0 Å². The fourth-order valence-corrected chi connectivity index (χ4v) is 4.45. The maximum atomic E-state index is 6.33. The Labute approximate surface area is 163 Å². The summed E-state index contributed by atoms with van der Waals surface area (Å²) in [6.45, 7) is 3.05. The lowest BCUT2D eigenvalue weighted by Gasteiger charge is -2.18. The molecule has 2 nitrogen and oxygen atoms in total. The monoisotopic (exact) mass is 390 g/mol. The van der Waals surface area contributed by atoms with Crippen molar-refractivity contribution >= 4 is 35.0 Å². The Morgan fingerprint density at radius 2 is 1.92 bits per heavy atom. The lowest BCUT2D eigenvalue weighted by molar-refractivity contribution is 0.683. The molecule has 2 aromatic carbocycles. The average molecular weight is 391 g/mol. The minimum absolute atomic E-state index is 0.326. The lowest BCUT2D eigenvalue weighted by atomic mass is 10.1. The van der Waals surface area contributed by atoms with Gasteiger partial charge in [0.2, 0.25) is 0 Å². The quantitative estimate of drug-likeness (QED) is 0.462. The van der Waals surface area contributed by atoms with Gasteiger partial charge in [0.15, 0.2) is 0 Å². The smallest absolute Gasteiger partial charge is 0.0946 e. The van der Waals surface area contributed by atoms with Crippen LogP contribution in [-0.4, -0.2) is 9.55 Å². The number of rotatable bonds is 7. The predicted molar refractivity (Wildman–Crippen MR) is 109 cm³/mol. The van der Waals surface area contributed by atoms with Gasteiger partial charge in [0.1, 0.15) is 0 Å². The highest BCUT2D eigenvalue weighted by Crippen LogP contribution is 2.35. The van der Waals surface area contributed by atoms with Crippen molar-refractivity contribution in [3.05, 3.63) is 87.9 Å². The van der Waals surface area contributed by atoms with Crippen LogP contribution < -0.4 is 0 Å². The molecule has 0 saturated heterocycles. The van der Waals surface area contributed by atoms with Gasteiger partial charge in [-0.15, -0.1) is 11.8 Å². The Bertz CT molecular complexity index is 801. The molecule has 1 heterocycles. The van der Waals surface area contributed by atoms with Gasteiger partial charge in [-0.1, -0.05) is 60.5 Å². The molecule has 0 amide bonds. The fourth-order valence-electron chi connectivity index (χ4n) is 2.64. The van der Waals surface area contributed by atoms with Gasteiger partial charge in [0.05, 0.1) is 6.33 Å². The first-order chi connectivity index (χ1) is 12.2. The second kappa shape index (κ2) is 8.79. The number of aromatic nitrogens is 2. The van der Waals surface area contributed by atoms with Crippen molar-refractivity contribution < 1.29 is 0 Å². The number of hydrogen-bond donors (Lipinski definition) is 0. The third-order valence-corrected chi connectivity index (χ3v) is 6.04. The summed E-state index contributed by atoms with van der Waals surface area (Å²) in [5.41, 5.74) is 3.79. The molecule has 0 spiro atoms. The topological polar surface area (TPSA) is 17.8 Å². The molecule has 5 heteroatoms. The SMILES string of the molecule is CCc1ccc(C(Cn2ccnc2)SCc2ccc(Cl)cc2Cl)cc1. The van der Waals surface area contributed by atoms with Gasteiger partial charge < -0.3 is 4.57 Å². The molecule has 0 radical (unpaired) electrons. The number of benzene rings is 2. The van der Waals surface area contributed by atoms with E-state index in [9.17, 15) is 0 Å². The van der Waals surface area contributed by atoms with Crippen LogP contribution in [0.15, 0.2) is 61.2 Å². The van der Waals surface area contributed by atoms with E-state index >= 15 is 0 Å². The van der Waals surface area contributed by atoms with Gasteiger partial charge in [0, 0.05) is 40.0 Å². The zero-order valence-corrected chi connectivity index (χ0v) is 16.4. The van der Waals surface area contributed by atoms with E-state index in [-0.39, 0.29) is 0 Å². The van der Waals surface area contributed by atoms with Crippen molar-refractivity contribution in [2.75, 3.05) is 0 Å². The molecule has 1 unspecified atom stereocenters. The van der Waals surface area contributed by atoms with Crippen LogP contribution in [0, 0.1) is 0 Å². The van der Waals surface area contributed by atoms with Crippen LogP contribution in [0.3, 0.4) is 0 Å². The largest absolute Gasteiger partial charge is 0.336 e. The zero-order chi connectivity index (χ0) is 17.6. The highest BCUT2D eigenvalue weighted by atomic mass is 35.5. The standard InChI is InChI=1S/C20H20Cl2N2S/c1-2-15-3-5-16(6-4-15)20(12-24-10-9-23-14-24)25-13-17-7-8-18(21)11-19(17)22/h3-11,14,20H,2,12-13H2,1H3. The van der Waals surface area contributed by atoms with E-state index in [0.717, 1.165) is 29.3 Å². The zero-order valence-electron chi connectivity index (χ0n) is 14.0. The Balaban J connectivity index is 1.77. The third-order valence-electron chi connectivity index (χ3n) is 4.15. The van der Waals surface area contributed by atoms with Gasteiger partial charge in [-0.25, -0.2) is 4.98 Å². The fraction of sp³-hybridized carbons (Fsp3) is 0.250. The number of halogens is 2. The summed E-state index contributed by atoms with van der Waals surface area (Å²) in [6.07, 6.45) is 6.74. The van der Waals surface area contributed by atoms with Gasteiger partial charge in [-0.05, 0) is 35.2 Å². The first-order valence-corrected chi connectivity index (χ1v) is 10.1. The number of hydrogen-bond acceptors (Lipinski definition) is 2. The molecule has 0 fully saturated rings. The number of thioether (sulfide) groups is 1. The normalized spacial score (nSPS) is 12.3. The van der Waals surface area contributed by atoms with Crippen LogP contribution in [0.4, 0.5) is 0 Å². The van der Waals surface area contributed by atoms with Gasteiger partial charge in [-0.3, -0.25) is 0 Å². The summed E-state index contributed by atoms with van der Waals surface area (Å²) < 4.78 is 2.12. The predicted octanol–water partition coefficient (Wildman–Crippen LogP) is 6.43. The summed E-state index contributed by atoms with van der Waals surface area (Å²) in [7, 11) is 0. The molecule has 0 aliphatic rings. The van der Waals surface area contributed by atoms with Crippen LogP contribution >= 0.6 is 35.0 Å². The minimum Gasteiger partial charge on any atom is -0.336 e. The van der Waals surface area contributed by atoms with Gasteiger partial charge in [-0.2, -0.15) is 0 Å². The highest BCUT2D eigenvalue weighted by Gasteiger charge is 2.14. The van der Waals surface area contributed by atoms with E-state index in [4.69, 9.17) is 23.2 Å². The Morgan fingerprint density at radius 3 is 2.56 bits per heavy atom. The molecule has 3 rings (SSSR count). The van der Waals surface area contributed by atoms with Crippen molar-refractivity contribution in [1.82, 2.24) is 9.55 Å². The molecule has 0 aliphatic heterocycles. The molecule has 1 atom stereocenters. The van der Waals surface area contributed by atoms with Crippen molar-refractivity contribution in [2.45, 2.75) is 30.9 Å². The maximum absolute atomic E-state index is 6.33. The Hall–Kier alpha value is -1.42. The maximum Gasteiger partial charge on any atom is 0.0946 e. The molecule has 0 N–H and O–H groups in total.